The molecule has 0 aliphatic rings. The zero-order chi connectivity index (χ0) is 13.2. The number of benzene rings is 1. The van der Waals surface area contributed by atoms with E-state index in [0.29, 0.717) is 5.82 Å². The SMILES string of the molecule is CC(=O)Cc1nccc(-c2c[nH]c3ccccc23)n1. The van der Waals surface area contributed by atoms with E-state index in [2.05, 4.69) is 15.0 Å². The third kappa shape index (κ3) is 2.25. The van der Waals surface area contributed by atoms with Gasteiger partial charge in [0.05, 0.1) is 12.1 Å². The van der Waals surface area contributed by atoms with Crippen LogP contribution in [-0.2, 0) is 11.2 Å². The van der Waals surface area contributed by atoms with Gasteiger partial charge in [-0.25, -0.2) is 9.97 Å². The number of fused-ring (bicyclic) bond motifs is 1. The summed E-state index contributed by atoms with van der Waals surface area (Å²) in [7, 11) is 0. The second-order valence-corrected chi connectivity index (χ2v) is 4.48. The topological polar surface area (TPSA) is 58.6 Å². The average Bonchev–Trinajstić information content (AvgIpc) is 2.82. The lowest BCUT2D eigenvalue weighted by Crippen LogP contribution is -2.02. The first kappa shape index (κ1) is 11.6. The molecular weight excluding hydrogens is 238 g/mol. The number of nitrogens with one attached hydrogen (secondary N) is 1. The minimum absolute atomic E-state index is 0.0658. The van der Waals surface area contributed by atoms with Crippen LogP contribution in [0.25, 0.3) is 22.2 Å². The van der Waals surface area contributed by atoms with Gasteiger partial charge in [-0.3, -0.25) is 4.79 Å². The summed E-state index contributed by atoms with van der Waals surface area (Å²) in [6.45, 7) is 1.54. The number of aromatic nitrogens is 3. The maximum atomic E-state index is 11.1. The monoisotopic (exact) mass is 251 g/mol. The van der Waals surface area contributed by atoms with E-state index in [1.54, 1.807) is 13.1 Å². The first-order valence-corrected chi connectivity index (χ1v) is 6.12. The molecule has 0 saturated heterocycles. The predicted octanol–water partition coefficient (Wildman–Crippen LogP) is 2.76. The van der Waals surface area contributed by atoms with Gasteiger partial charge in [-0.15, -0.1) is 0 Å². The summed E-state index contributed by atoms with van der Waals surface area (Å²) in [5.41, 5.74) is 2.94. The quantitative estimate of drug-likeness (QED) is 0.778. The minimum Gasteiger partial charge on any atom is -0.360 e. The van der Waals surface area contributed by atoms with Gasteiger partial charge in [0.25, 0.3) is 0 Å². The van der Waals surface area contributed by atoms with Crippen molar-refractivity contribution in [1.82, 2.24) is 15.0 Å². The summed E-state index contributed by atoms with van der Waals surface area (Å²) in [5, 5.41) is 1.12. The van der Waals surface area contributed by atoms with Crippen molar-refractivity contribution in [2.75, 3.05) is 0 Å². The van der Waals surface area contributed by atoms with Gasteiger partial charge in [0.2, 0.25) is 0 Å². The number of rotatable bonds is 3. The van der Waals surface area contributed by atoms with Crippen molar-refractivity contribution in [3.8, 4) is 11.3 Å². The molecule has 2 aromatic heterocycles. The summed E-state index contributed by atoms with van der Waals surface area (Å²) in [6, 6.07) is 9.92. The minimum atomic E-state index is 0.0658. The van der Waals surface area contributed by atoms with Crippen molar-refractivity contribution in [3.63, 3.8) is 0 Å². The van der Waals surface area contributed by atoms with Crippen LogP contribution in [0.1, 0.15) is 12.7 Å². The van der Waals surface area contributed by atoms with Crippen LogP contribution in [0.5, 0.6) is 0 Å². The van der Waals surface area contributed by atoms with E-state index >= 15 is 0 Å². The number of carbonyl (C=O) groups is 1. The van der Waals surface area contributed by atoms with E-state index in [9.17, 15) is 4.79 Å². The molecule has 0 unspecified atom stereocenters. The van der Waals surface area contributed by atoms with E-state index < -0.39 is 0 Å². The van der Waals surface area contributed by atoms with Gasteiger partial charge in [-0.1, -0.05) is 18.2 Å². The maximum absolute atomic E-state index is 11.1. The number of hydrogen-bond acceptors (Lipinski definition) is 3. The number of ketones is 1. The Hall–Kier alpha value is -2.49. The number of para-hydroxylation sites is 1. The van der Waals surface area contributed by atoms with Crippen LogP contribution in [0.2, 0.25) is 0 Å². The highest BCUT2D eigenvalue weighted by molar-refractivity contribution is 5.94. The van der Waals surface area contributed by atoms with E-state index in [0.717, 1.165) is 22.2 Å². The number of nitrogens with zero attached hydrogens (tertiary/aromatic N) is 2. The van der Waals surface area contributed by atoms with Crippen LogP contribution in [0.3, 0.4) is 0 Å². The van der Waals surface area contributed by atoms with Crippen LogP contribution in [0.4, 0.5) is 0 Å². The van der Waals surface area contributed by atoms with Gasteiger partial charge in [0.1, 0.15) is 11.6 Å². The normalized spacial score (nSPS) is 10.8. The lowest BCUT2D eigenvalue weighted by Gasteiger charge is -2.01. The number of Topliss-reactive ketones (excluding diaryl/α,β-unsaturated/α-hetero) is 1. The van der Waals surface area contributed by atoms with Crippen LogP contribution < -0.4 is 0 Å². The molecule has 19 heavy (non-hydrogen) atoms. The highest BCUT2D eigenvalue weighted by atomic mass is 16.1. The molecule has 2 heterocycles. The molecule has 0 amide bonds. The van der Waals surface area contributed by atoms with Crippen LogP contribution in [0, 0.1) is 0 Å². The van der Waals surface area contributed by atoms with Crippen molar-refractivity contribution in [3.05, 3.63) is 48.5 Å². The fraction of sp³-hybridized carbons (Fsp3) is 0.133. The summed E-state index contributed by atoms with van der Waals surface area (Å²) in [6.07, 6.45) is 3.91. The number of hydrogen-bond donors (Lipinski definition) is 1. The molecule has 0 atom stereocenters. The third-order valence-electron chi connectivity index (χ3n) is 2.98. The maximum Gasteiger partial charge on any atom is 0.137 e. The smallest absolute Gasteiger partial charge is 0.137 e. The lowest BCUT2D eigenvalue weighted by molar-refractivity contribution is -0.116. The van der Waals surface area contributed by atoms with Crippen molar-refractivity contribution in [1.29, 1.82) is 0 Å². The van der Waals surface area contributed by atoms with Gasteiger partial charge in [0.15, 0.2) is 0 Å². The Morgan fingerprint density at radius 3 is 2.95 bits per heavy atom. The molecule has 0 saturated carbocycles. The van der Waals surface area contributed by atoms with Crippen LogP contribution in [-0.4, -0.2) is 20.7 Å². The fourth-order valence-corrected chi connectivity index (χ4v) is 2.14. The van der Waals surface area contributed by atoms with Crippen molar-refractivity contribution in [2.45, 2.75) is 13.3 Å². The van der Waals surface area contributed by atoms with E-state index in [1.165, 1.54) is 0 Å². The van der Waals surface area contributed by atoms with Crippen molar-refractivity contribution < 1.29 is 4.79 Å². The Morgan fingerprint density at radius 2 is 2.11 bits per heavy atom. The van der Waals surface area contributed by atoms with Gasteiger partial charge in [0, 0.05) is 28.9 Å². The molecule has 0 bridgehead atoms. The molecule has 4 nitrogen and oxygen atoms in total. The van der Waals surface area contributed by atoms with E-state index in [4.69, 9.17) is 0 Å². The first-order valence-electron chi connectivity index (χ1n) is 6.12. The molecule has 1 N–H and O–H groups in total. The second kappa shape index (κ2) is 4.65. The van der Waals surface area contributed by atoms with Crippen LogP contribution in [0.15, 0.2) is 42.7 Å². The third-order valence-corrected chi connectivity index (χ3v) is 2.98. The van der Waals surface area contributed by atoms with E-state index in [-0.39, 0.29) is 12.2 Å². The molecule has 94 valence electrons. The lowest BCUT2D eigenvalue weighted by atomic mass is 10.1. The fourth-order valence-electron chi connectivity index (χ4n) is 2.14. The zero-order valence-corrected chi connectivity index (χ0v) is 10.6. The Bertz CT molecular complexity index is 746. The van der Waals surface area contributed by atoms with Gasteiger partial charge >= 0.3 is 0 Å². The predicted molar refractivity (Wildman–Crippen MR) is 73.7 cm³/mol. The summed E-state index contributed by atoms with van der Waals surface area (Å²) < 4.78 is 0. The van der Waals surface area contributed by atoms with Gasteiger partial charge in [-0.2, -0.15) is 0 Å². The van der Waals surface area contributed by atoms with E-state index in [1.807, 2.05) is 36.5 Å². The first-order chi connectivity index (χ1) is 9.24. The zero-order valence-electron chi connectivity index (χ0n) is 10.6. The number of H-pyrrole nitrogens is 1. The average molecular weight is 251 g/mol. The standard InChI is InChI=1S/C15H13N3O/c1-10(19)8-15-16-7-6-14(18-15)12-9-17-13-5-3-2-4-11(12)13/h2-7,9,17H,8H2,1H3. The molecule has 3 rings (SSSR count). The molecular formula is C15H13N3O. The summed E-state index contributed by atoms with van der Waals surface area (Å²) in [4.78, 5) is 22.9. The highest BCUT2D eigenvalue weighted by Crippen LogP contribution is 2.26. The second-order valence-electron chi connectivity index (χ2n) is 4.48. The van der Waals surface area contributed by atoms with Crippen molar-refractivity contribution >= 4 is 16.7 Å². The summed E-state index contributed by atoms with van der Waals surface area (Å²) in [5.74, 6) is 0.631. The Morgan fingerprint density at radius 1 is 1.26 bits per heavy atom. The van der Waals surface area contributed by atoms with Crippen LogP contribution >= 0.6 is 0 Å². The Labute approximate surface area is 110 Å². The Balaban J connectivity index is 2.09. The molecule has 0 aliphatic heterocycles. The molecule has 0 fully saturated rings. The molecule has 1 aromatic carbocycles. The summed E-state index contributed by atoms with van der Waals surface area (Å²) >= 11 is 0. The molecule has 0 spiro atoms. The van der Waals surface area contributed by atoms with Gasteiger partial charge in [-0.05, 0) is 19.1 Å². The highest BCUT2D eigenvalue weighted by Gasteiger charge is 2.08. The van der Waals surface area contributed by atoms with Gasteiger partial charge < -0.3 is 4.98 Å². The Kier molecular flexibility index (Phi) is 2.83. The van der Waals surface area contributed by atoms with Crippen molar-refractivity contribution in [2.24, 2.45) is 0 Å². The number of aromatic amines is 1. The number of carbonyl (C=O) groups excluding carboxylic acids is 1. The largest absolute Gasteiger partial charge is 0.360 e. The molecule has 0 aliphatic carbocycles. The molecule has 4 heteroatoms. The molecule has 3 aromatic rings. The molecule has 0 radical (unpaired) electrons.